The number of rotatable bonds is 6. The molecule has 0 saturated heterocycles. The van der Waals surface area contributed by atoms with Crippen molar-refractivity contribution >= 4 is 50.5 Å². The number of carbonyl (C=O) groups is 1. The molecule has 0 atom stereocenters. The molecule has 0 amide bonds. The fourth-order valence-corrected chi connectivity index (χ4v) is 4.78. The molecule has 2 aromatic heterocycles. The summed E-state index contributed by atoms with van der Waals surface area (Å²) in [6, 6.07) is 8.24. The van der Waals surface area contributed by atoms with Crippen LogP contribution in [0, 0.1) is 6.92 Å². The molecule has 0 aliphatic rings. The van der Waals surface area contributed by atoms with E-state index in [2.05, 4.69) is 9.88 Å². The van der Waals surface area contributed by atoms with E-state index in [0.717, 1.165) is 11.3 Å². The van der Waals surface area contributed by atoms with Gasteiger partial charge in [-0.15, -0.1) is 11.3 Å². The molecule has 2 heterocycles. The fraction of sp³-hybridized carbons (Fsp3) is 0.176. The Bertz CT molecular complexity index is 1120. The van der Waals surface area contributed by atoms with Gasteiger partial charge >= 0.3 is 5.97 Å². The maximum Gasteiger partial charge on any atom is 0.355 e. The Kier molecular flexibility index (Phi) is 5.64. The van der Waals surface area contributed by atoms with E-state index in [-0.39, 0.29) is 20.7 Å². The van der Waals surface area contributed by atoms with E-state index in [4.69, 9.17) is 20.9 Å². The average Bonchev–Trinajstić information content (AvgIpc) is 3.25. The number of nitrogens with one attached hydrogen (secondary N) is 1. The van der Waals surface area contributed by atoms with Gasteiger partial charge in [-0.1, -0.05) is 28.9 Å². The van der Waals surface area contributed by atoms with Gasteiger partial charge in [-0.25, -0.2) is 17.9 Å². The molecule has 3 rings (SSSR count). The van der Waals surface area contributed by atoms with E-state index in [1.54, 1.807) is 50.2 Å². The standard InChI is InChI=1S/C17H16ClN3O5S2/c1-10-14(18)16(26-19-10)20-28(23,24)13-8-9-27-15(13)17(22)25-12-7-5-4-6-11(12)21(2)3/h4-9,20H,1-3H3. The Labute approximate surface area is 170 Å². The highest BCUT2D eigenvalue weighted by molar-refractivity contribution is 7.93. The lowest BCUT2D eigenvalue weighted by Crippen LogP contribution is -2.18. The summed E-state index contributed by atoms with van der Waals surface area (Å²) < 4.78 is 37.9. The van der Waals surface area contributed by atoms with E-state index >= 15 is 0 Å². The Morgan fingerprint density at radius 2 is 2.00 bits per heavy atom. The first-order chi connectivity index (χ1) is 13.2. The molecule has 0 unspecified atom stereocenters. The molecular formula is C17H16ClN3O5S2. The number of benzene rings is 1. The minimum Gasteiger partial charge on any atom is -0.420 e. The highest BCUT2D eigenvalue weighted by Crippen LogP contribution is 2.32. The maximum absolute atomic E-state index is 12.7. The van der Waals surface area contributed by atoms with Crippen LogP contribution in [0.15, 0.2) is 45.1 Å². The Morgan fingerprint density at radius 1 is 1.29 bits per heavy atom. The molecule has 0 aliphatic heterocycles. The van der Waals surface area contributed by atoms with Gasteiger partial charge in [0.15, 0.2) is 5.75 Å². The average molecular weight is 442 g/mol. The van der Waals surface area contributed by atoms with Crippen molar-refractivity contribution in [3.63, 3.8) is 0 Å². The van der Waals surface area contributed by atoms with Crippen molar-refractivity contribution in [2.45, 2.75) is 11.8 Å². The minimum absolute atomic E-state index is 0.0443. The van der Waals surface area contributed by atoms with Crippen molar-refractivity contribution in [2.24, 2.45) is 0 Å². The zero-order chi connectivity index (χ0) is 20.5. The SMILES string of the molecule is Cc1noc(NS(=O)(=O)c2ccsc2C(=O)Oc2ccccc2N(C)C)c1Cl. The molecule has 148 valence electrons. The monoisotopic (exact) mass is 441 g/mol. The van der Waals surface area contributed by atoms with Crippen LogP contribution in [0.4, 0.5) is 11.6 Å². The summed E-state index contributed by atoms with van der Waals surface area (Å²) in [5, 5.41) is 5.12. The summed E-state index contributed by atoms with van der Waals surface area (Å²) in [7, 11) is -0.530. The first-order valence-electron chi connectivity index (χ1n) is 7.91. The van der Waals surface area contributed by atoms with E-state index in [9.17, 15) is 13.2 Å². The number of anilines is 2. The second-order valence-electron chi connectivity index (χ2n) is 5.88. The fourth-order valence-electron chi connectivity index (χ4n) is 2.32. The summed E-state index contributed by atoms with van der Waals surface area (Å²) in [6.07, 6.45) is 0. The lowest BCUT2D eigenvalue weighted by Gasteiger charge is -2.16. The molecule has 0 aliphatic carbocycles. The molecular weight excluding hydrogens is 426 g/mol. The summed E-state index contributed by atoms with van der Waals surface area (Å²) >= 11 is 6.91. The number of aromatic nitrogens is 1. The third-order valence-corrected chi connectivity index (χ3v) is 6.51. The predicted octanol–water partition coefficient (Wildman–Crippen LogP) is 3.78. The molecule has 28 heavy (non-hydrogen) atoms. The Balaban J connectivity index is 1.89. The second kappa shape index (κ2) is 7.82. The highest BCUT2D eigenvalue weighted by Gasteiger charge is 2.28. The van der Waals surface area contributed by atoms with E-state index in [0.29, 0.717) is 17.1 Å². The molecule has 0 bridgehead atoms. The normalized spacial score (nSPS) is 11.3. The summed E-state index contributed by atoms with van der Waals surface area (Å²) in [5.41, 5.74) is 1.02. The van der Waals surface area contributed by atoms with Crippen LogP contribution in [0.2, 0.25) is 5.02 Å². The first-order valence-corrected chi connectivity index (χ1v) is 10.7. The van der Waals surface area contributed by atoms with Gasteiger partial charge in [0.25, 0.3) is 15.9 Å². The zero-order valence-electron chi connectivity index (χ0n) is 15.1. The van der Waals surface area contributed by atoms with Crippen LogP contribution in [-0.4, -0.2) is 33.6 Å². The van der Waals surface area contributed by atoms with Crippen LogP contribution in [0.25, 0.3) is 0 Å². The number of sulfonamides is 1. The summed E-state index contributed by atoms with van der Waals surface area (Å²) in [5.74, 6) is -0.691. The van der Waals surface area contributed by atoms with E-state index in [1.807, 2.05) is 0 Å². The number of thiophene rings is 1. The Morgan fingerprint density at radius 3 is 2.64 bits per heavy atom. The zero-order valence-corrected chi connectivity index (χ0v) is 17.5. The van der Waals surface area contributed by atoms with Crippen LogP contribution in [-0.2, 0) is 10.0 Å². The van der Waals surface area contributed by atoms with Crippen molar-refractivity contribution in [3.05, 3.63) is 51.3 Å². The third kappa shape index (κ3) is 3.98. The molecule has 3 aromatic rings. The third-order valence-electron chi connectivity index (χ3n) is 3.67. The number of esters is 1. The minimum atomic E-state index is -4.14. The first kappa shape index (κ1) is 20.2. The lowest BCUT2D eigenvalue weighted by molar-refractivity contribution is 0.0737. The van der Waals surface area contributed by atoms with Gasteiger partial charge < -0.3 is 14.2 Å². The maximum atomic E-state index is 12.7. The lowest BCUT2D eigenvalue weighted by atomic mass is 10.3. The van der Waals surface area contributed by atoms with Crippen LogP contribution in [0.3, 0.4) is 0 Å². The molecule has 11 heteroatoms. The van der Waals surface area contributed by atoms with Gasteiger partial charge in [0.2, 0.25) is 0 Å². The van der Waals surface area contributed by atoms with Gasteiger partial charge in [-0.2, -0.15) is 0 Å². The topological polar surface area (TPSA) is 102 Å². The summed E-state index contributed by atoms with van der Waals surface area (Å²) in [4.78, 5) is 14.1. The largest absolute Gasteiger partial charge is 0.420 e. The van der Waals surface area contributed by atoms with Crippen molar-refractivity contribution in [3.8, 4) is 5.75 Å². The smallest absolute Gasteiger partial charge is 0.355 e. The molecule has 1 aromatic carbocycles. The molecule has 8 nitrogen and oxygen atoms in total. The van der Waals surface area contributed by atoms with Gasteiger partial charge in [0.1, 0.15) is 20.5 Å². The van der Waals surface area contributed by atoms with E-state index in [1.165, 1.54) is 11.4 Å². The van der Waals surface area contributed by atoms with Gasteiger partial charge in [0, 0.05) is 14.1 Å². The number of nitrogens with zero attached hydrogens (tertiary/aromatic N) is 2. The quantitative estimate of drug-likeness (QED) is 0.458. The number of hydrogen-bond acceptors (Lipinski definition) is 8. The van der Waals surface area contributed by atoms with Crippen LogP contribution >= 0.6 is 22.9 Å². The predicted molar refractivity (Wildman–Crippen MR) is 107 cm³/mol. The Hall–Kier alpha value is -2.56. The van der Waals surface area contributed by atoms with Crippen LogP contribution < -0.4 is 14.4 Å². The summed E-state index contributed by atoms with van der Waals surface area (Å²) in [6.45, 7) is 1.57. The van der Waals surface area contributed by atoms with Crippen molar-refractivity contribution < 1.29 is 22.5 Å². The molecule has 1 N–H and O–H groups in total. The number of ether oxygens (including phenoxy) is 1. The highest BCUT2D eigenvalue weighted by atomic mass is 35.5. The second-order valence-corrected chi connectivity index (χ2v) is 8.83. The van der Waals surface area contributed by atoms with Gasteiger partial charge in [-0.3, -0.25) is 0 Å². The van der Waals surface area contributed by atoms with E-state index < -0.39 is 16.0 Å². The molecule has 0 fully saturated rings. The number of aryl methyl sites for hydroxylation is 1. The number of para-hydroxylation sites is 2. The number of halogens is 1. The van der Waals surface area contributed by atoms with Gasteiger partial charge in [-0.05, 0) is 30.5 Å². The van der Waals surface area contributed by atoms with Crippen molar-refractivity contribution in [2.75, 3.05) is 23.7 Å². The van der Waals surface area contributed by atoms with Crippen LogP contribution in [0.5, 0.6) is 5.75 Å². The van der Waals surface area contributed by atoms with Gasteiger partial charge in [0.05, 0.1) is 5.69 Å². The number of hydrogen-bond donors (Lipinski definition) is 1. The molecule has 0 saturated carbocycles. The van der Waals surface area contributed by atoms with Crippen LogP contribution in [0.1, 0.15) is 15.4 Å². The van der Waals surface area contributed by atoms with Crippen molar-refractivity contribution in [1.29, 1.82) is 0 Å². The van der Waals surface area contributed by atoms with Crippen molar-refractivity contribution in [1.82, 2.24) is 5.16 Å². The molecule has 0 radical (unpaired) electrons. The molecule has 0 spiro atoms. The number of carbonyl (C=O) groups excluding carboxylic acids is 1.